The molecular weight excluding hydrogens is 711 g/mol. The molecule has 56 heavy (non-hydrogen) atoms. The summed E-state index contributed by atoms with van der Waals surface area (Å²) in [7, 11) is 0. The largest absolute Gasteiger partial charge is 0.399 e. The van der Waals surface area contributed by atoms with E-state index in [0.29, 0.717) is 90.0 Å². The van der Waals surface area contributed by atoms with Crippen molar-refractivity contribution in [1.29, 1.82) is 0 Å². The second-order valence-corrected chi connectivity index (χ2v) is 14.0. The smallest absolute Gasteiger partial charge is 0.220 e. The molecule has 0 aliphatic rings. The number of nitrogens with one attached hydrogen (secondary N) is 1. The van der Waals surface area contributed by atoms with E-state index in [4.69, 9.17) is 35.9 Å². The van der Waals surface area contributed by atoms with Gasteiger partial charge in [0.25, 0.3) is 0 Å². The molecule has 5 N–H and O–H groups in total. The highest BCUT2D eigenvalue weighted by atomic mass is 16.6. The van der Waals surface area contributed by atoms with Crippen molar-refractivity contribution in [1.82, 2.24) is 5.32 Å². The molecule has 1 amide bonds. The molecule has 0 spiro atoms. The lowest BCUT2D eigenvalue weighted by molar-refractivity contribution is -0.659. The average molecular weight is 771 g/mol. The molecule has 13 heteroatoms. The Morgan fingerprint density at radius 2 is 1.41 bits per heavy atom. The molecule has 0 fully saturated rings. The van der Waals surface area contributed by atoms with Crippen LogP contribution in [0.4, 0.5) is 11.4 Å². The Labute approximate surface area is 330 Å². The highest BCUT2D eigenvalue weighted by molar-refractivity contribution is 6.10. The van der Waals surface area contributed by atoms with Crippen molar-refractivity contribution in [3.8, 4) is 11.3 Å². The van der Waals surface area contributed by atoms with Gasteiger partial charge < -0.3 is 35.7 Å². The van der Waals surface area contributed by atoms with E-state index < -0.39 is 0 Å². The van der Waals surface area contributed by atoms with E-state index in [9.17, 15) is 9.59 Å². The van der Waals surface area contributed by atoms with Crippen LogP contribution in [-0.2, 0) is 35.1 Å². The SMILES string of the molecule is CC(N)CCCCCC(=O)CCOCCOCCOCCOCCNC(=O)CCCCC[n+]1c(-c2ccccc2)c2cc(N=[N+]=[N-])ccc2c2ccc(N)cc21. The Balaban J connectivity index is 1.06. The van der Waals surface area contributed by atoms with E-state index >= 15 is 0 Å². The van der Waals surface area contributed by atoms with Crippen molar-refractivity contribution in [2.45, 2.75) is 83.7 Å². The van der Waals surface area contributed by atoms with Crippen LogP contribution in [0.5, 0.6) is 0 Å². The van der Waals surface area contributed by atoms with Crippen molar-refractivity contribution in [3.63, 3.8) is 0 Å². The highest BCUT2D eigenvalue weighted by Crippen LogP contribution is 2.34. The molecular formula is C43H60N7O6+. The molecule has 0 aliphatic carbocycles. The minimum atomic E-state index is 0.00785. The number of carbonyl (C=O) groups excluding carboxylic acids is 2. The highest BCUT2D eigenvalue weighted by Gasteiger charge is 2.23. The first-order chi connectivity index (χ1) is 27.4. The summed E-state index contributed by atoms with van der Waals surface area (Å²) in [6, 6.07) is 22.2. The number of benzene rings is 3. The van der Waals surface area contributed by atoms with Gasteiger partial charge in [-0.3, -0.25) is 9.59 Å². The molecule has 1 unspecified atom stereocenters. The molecule has 0 saturated carbocycles. The zero-order valence-corrected chi connectivity index (χ0v) is 33.0. The molecule has 1 aromatic heterocycles. The predicted molar refractivity (Wildman–Crippen MR) is 221 cm³/mol. The normalized spacial score (nSPS) is 11.8. The van der Waals surface area contributed by atoms with E-state index in [2.05, 4.69) is 32.0 Å². The number of aromatic nitrogens is 1. The first-order valence-electron chi connectivity index (χ1n) is 20.0. The van der Waals surface area contributed by atoms with Gasteiger partial charge in [0.15, 0.2) is 0 Å². The molecule has 13 nitrogen and oxygen atoms in total. The lowest BCUT2D eigenvalue weighted by Crippen LogP contribution is -2.37. The summed E-state index contributed by atoms with van der Waals surface area (Å²) in [6.07, 6.45) is 8.05. The van der Waals surface area contributed by atoms with Crippen molar-refractivity contribution in [3.05, 3.63) is 77.2 Å². The fourth-order valence-electron chi connectivity index (χ4n) is 6.60. The second-order valence-electron chi connectivity index (χ2n) is 14.0. The number of amides is 1. The van der Waals surface area contributed by atoms with Crippen LogP contribution in [-0.4, -0.2) is 77.1 Å². The van der Waals surface area contributed by atoms with Gasteiger partial charge in [-0.1, -0.05) is 48.3 Å². The molecule has 4 rings (SSSR count). The topological polar surface area (TPSA) is 188 Å². The van der Waals surface area contributed by atoms with Crippen molar-refractivity contribution in [2.24, 2.45) is 10.8 Å². The van der Waals surface area contributed by atoms with Gasteiger partial charge in [0.05, 0.1) is 63.6 Å². The Morgan fingerprint density at radius 3 is 2.12 bits per heavy atom. The molecule has 1 atom stereocenters. The Morgan fingerprint density at radius 1 is 0.750 bits per heavy atom. The molecule has 4 aromatic rings. The minimum Gasteiger partial charge on any atom is -0.399 e. The molecule has 3 aromatic carbocycles. The fraction of sp³-hybridized carbons (Fsp3) is 0.512. The quantitative estimate of drug-likeness (QED) is 0.00964. The number of carbonyl (C=O) groups is 2. The third-order valence-electron chi connectivity index (χ3n) is 9.45. The minimum absolute atomic E-state index is 0.00785. The van der Waals surface area contributed by atoms with Gasteiger partial charge in [0, 0.05) is 71.6 Å². The van der Waals surface area contributed by atoms with Gasteiger partial charge in [0.2, 0.25) is 17.1 Å². The van der Waals surface area contributed by atoms with E-state index in [1.807, 2.05) is 61.5 Å². The van der Waals surface area contributed by atoms with Crippen LogP contribution in [0.25, 0.3) is 43.4 Å². The van der Waals surface area contributed by atoms with Crippen LogP contribution in [0.3, 0.4) is 0 Å². The number of nitrogens with zero attached hydrogens (tertiary/aromatic N) is 4. The zero-order valence-electron chi connectivity index (χ0n) is 33.0. The van der Waals surface area contributed by atoms with Gasteiger partial charge in [-0.15, -0.1) is 0 Å². The van der Waals surface area contributed by atoms with Crippen LogP contribution in [0.15, 0.2) is 71.8 Å². The van der Waals surface area contributed by atoms with Crippen molar-refractivity contribution in [2.75, 3.05) is 65.1 Å². The first-order valence-corrected chi connectivity index (χ1v) is 20.0. The molecule has 0 radical (unpaired) electrons. The Kier molecular flexibility index (Phi) is 20.1. The summed E-state index contributed by atoms with van der Waals surface area (Å²) in [5.74, 6) is 0.253. The summed E-state index contributed by atoms with van der Waals surface area (Å²) < 4.78 is 24.4. The molecule has 0 aliphatic heterocycles. The maximum absolute atomic E-state index is 12.5. The lowest BCUT2D eigenvalue weighted by atomic mass is 9.98. The summed E-state index contributed by atoms with van der Waals surface area (Å²) in [6.45, 7) is 6.72. The van der Waals surface area contributed by atoms with E-state index in [1.54, 1.807) is 0 Å². The maximum atomic E-state index is 12.5. The Hall–Kier alpha value is -4.62. The van der Waals surface area contributed by atoms with E-state index in [0.717, 1.165) is 84.4 Å². The molecule has 0 bridgehead atoms. The number of Topliss-reactive ketones (excluding diaryl/α,β-unsaturated/α-hetero) is 1. The third kappa shape index (κ3) is 15.5. The number of ketones is 1. The van der Waals surface area contributed by atoms with Gasteiger partial charge in [-0.2, -0.15) is 4.57 Å². The van der Waals surface area contributed by atoms with E-state index in [1.165, 1.54) is 0 Å². The van der Waals surface area contributed by atoms with Gasteiger partial charge >= 0.3 is 0 Å². The number of aryl methyl sites for hydroxylation is 1. The molecule has 1 heterocycles. The standard InChI is InChI=1S/C43H59N7O6/c1-33(44)11-5-2-8-14-37(51)20-23-53-25-27-55-29-30-56-28-26-54-24-21-47-42(52)15-9-4-10-22-50-41-31-35(45)16-18-39(41)38-19-17-36(48-49-46)32-40(38)43(50)34-12-6-3-7-13-34/h3,6-7,12-13,16-19,31-33,45H,2,4-5,8-11,14-15,20-30,44H2,1H3,(H,47,52)/p+1. The fourth-order valence-corrected chi connectivity index (χ4v) is 6.60. The number of hydrogen-bond donors (Lipinski definition) is 3. The number of fused-ring (bicyclic) bond motifs is 3. The van der Waals surface area contributed by atoms with Gasteiger partial charge in [-0.05, 0) is 68.5 Å². The van der Waals surface area contributed by atoms with Crippen LogP contribution in [0, 0.1) is 0 Å². The summed E-state index contributed by atoms with van der Waals surface area (Å²) in [5.41, 5.74) is 25.5. The molecule has 302 valence electrons. The lowest BCUT2D eigenvalue weighted by Gasteiger charge is -2.13. The number of unbranched alkanes of at least 4 members (excludes halogenated alkanes) is 4. The number of nitrogen functional groups attached to an aromatic ring is 1. The number of azide groups is 1. The van der Waals surface area contributed by atoms with Crippen LogP contribution < -0.4 is 21.4 Å². The number of rotatable bonds is 29. The van der Waals surface area contributed by atoms with Crippen LogP contribution in [0.1, 0.15) is 71.1 Å². The summed E-state index contributed by atoms with van der Waals surface area (Å²) in [4.78, 5) is 27.4. The number of hydrogen-bond acceptors (Lipinski definition) is 9. The zero-order chi connectivity index (χ0) is 39.8. The van der Waals surface area contributed by atoms with Crippen molar-refractivity contribution < 1.29 is 33.1 Å². The first kappa shape index (κ1) is 44.1. The monoisotopic (exact) mass is 770 g/mol. The van der Waals surface area contributed by atoms with Crippen LogP contribution in [0.2, 0.25) is 0 Å². The van der Waals surface area contributed by atoms with Gasteiger partial charge in [0.1, 0.15) is 12.3 Å². The number of anilines is 1. The summed E-state index contributed by atoms with van der Waals surface area (Å²) in [5, 5.41) is 9.93. The van der Waals surface area contributed by atoms with Crippen LogP contribution >= 0.6 is 0 Å². The maximum Gasteiger partial charge on any atom is 0.220 e. The van der Waals surface area contributed by atoms with Gasteiger partial charge in [-0.25, -0.2) is 0 Å². The third-order valence-corrected chi connectivity index (χ3v) is 9.45. The summed E-state index contributed by atoms with van der Waals surface area (Å²) >= 11 is 0. The Bertz CT molecular complexity index is 1850. The number of nitrogens with two attached hydrogens (primary N) is 2. The second kappa shape index (κ2) is 25.5. The van der Waals surface area contributed by atoms with Crippen molar-refractivity contribution >= 4 is 44.7 Å². The predicted octanol–water partition coefficient (Wildman–Crippen LogP) is 7.47. The number of pyridine rings is 1. The average Bonchev–Trinajstić information content (AvgIpc) is 3.19. The number of ether oxygens (including phenoxy) is 4. The van der Waals surface area contributed by atoms with E-state index in [-0.39, 0.29) is 17.7 Å². The molecule has 0 saturated heterocycles.